The van der Waals surface area contributed by atoms with Crippen LogP contribution in [-0.4, -0.2) is 12.4 Å². The molecule has 1 heterocycles. The zero-order chi connectivity index (χ0) is 10.9. The van der Waals surface area contributed by atoms with Crippen molar-refractivity contribution in [1.82, 2.24) is 0 Å². The van der Waals surface area contributed by atoms with Gasteiger partial charge in [-0.3, -0.25) is 0 Å². The monoisotopic (exact) mass is 222 g/mol. The highest BCUT2D eigenvalue weighted by Gasteiger charge is 2.54. The fourth-order valence-corrected chi connectivity index (χ4v) is 1.73. The Morgan fingerprint density at radius 3 is 3.13 bits per heavy atom. The summed E-state index contributed by atoms with van der Waals surface area (Å²) in [6.45, 7) is 2.13. The predicted octanol–water partition coefficient (Wildman–Crippen LogP) is 2.78. The van der Waals surface area contributed by atoms with Crippen LogP contribution < -0.4 is 0 Å². The zero-order valence-corrected chi connectivity index (χ0v) is 9.12. The van der Waals surface area contributed by atoms with Gasteiger partial charge in [0.1, 0.15) is 12.7 Å². The van der Waals surface area contributed by atoms with E-state index in [-0.39, 0.29) is 12.7 Å². The van der Waals surface area contributed by atoms with Crippen LogP contribution in [0.15, 0.2) is 24.3 Å². The van der Waals surface area contributed by atoms with E-state index in [1.54, 1.807) is 0 Å². The highest BCUT2D eigenvalue weighted by atomic mass is 35.5. The molecule has 1 aliphatic heterocycles. The lowest BCUT2D eigenvalue weighted by Gasteiger charge is -2.05. The molecule has 0 unspecified atom stereocenters. The number of ether oxygens (including phenoxy) is 2. The lowest BCUT2D eigenvalue weighted by molar-refractivity contribution is -0.0123. The molecule has 15 heavy (non-hydrogen) atoms. The van der Waals surface area contributed by atoms with Crippen molar-refractivity contribution in [3.8, 4) is 12.3 Å². The third-order valence-corrected chi connectivity index (χ3v) is 2.60. The first kappa shape index (κ1) is 10.5. The van der Waals surface area contributed by atoms with E-state index in [0.29, 0.717) is 5.02 Å². The van der Waals surface area contributed by atoms with E-state index in [4.69, 9.17) is 27.5 Å². The Morgan fingerprint density at radius 1 is 1.67 bits per heavy atom. The quantitative estimate of drug-likeness (QED) is 0.580. The second-order valence-electron chi connectivity index (χ2n) is 3.56. The van der Waals surface area contributed by atoms with Crippen LogP contribution in [0.4, 0.5) is 0 Å². The Balaban J connectivity index is 2.07. The molecule has 2 atom stereocenters. The molecule has 2 rings (SSSR count). The number of hydrogen-bond acceptors (Lipinski definition) is 2. The van der Waals surface area contributed by atoms with Crippen molar-refractivity contribution in [2.75, 3.05) is 6.61 Å². The molecule has 1 fully saturated rings. The maximum atomic E-state index is 5.89. The third kappa shape index (κ3) is 2.15. The van der Waals surface area contributed by atoms with E-state index in [0.717, 1.165) is 5.56 Å². The molecule has 1 aromatic rings. The molecule has 0 bridgehead atoms. The summed E-state index contributed by atoms with van der Waals surface area (Å²) in [5.41, 5.74) is 1.02. The molecule has 0 radical (unpaired) electrons. The second kappa shape index (κ2) is 3.86. The molecule has 0 saturated carbocycles. The topological polar surface area (TPSA) is 21.8 Å². The number of rotatable bonds is 3. The summed E-state index contributed by atoms with van der Waals surface area (Å²) in [6.07, 6.45) is 5.05. The Kier molecular flexibility index (Phi) is 2.70. The first-order chi connectivity index (χ1) is 7.15. The van der Waals surface area contributed by atoms with Gasteiger partial charge in [-0.15, -0.1) is 6.42 Å². The van der Waals surface area contributed by atoms with E-state index in [9.17, 15) is 0 Å². The van der Waals surface area contributed by atoms with E-state index in [2.05, 4.69) is 5.92 Å². The van der Waals surface area contributed by atoms with Crippen molar-refractivity contribution >= 4 is 11.6 Å². The van der Waals surface area contributed by atoms with Gasteiger partial charge < -0.3 is 9.47 Å². The molecule has 1 saturated heterocycles. The van der Waals surface area contributed by atoms with Crippen molar-refractivity contribution in [2.24, 2.45) is 0 Å². The standard InChI is InChI=1S/C12H11ClO2/c1-3-7-14-12(2)11(15-12)9-5-4-6-10(13)8-9/h1,4-6,8,11H,7H2,2H3/t11-,12-/m1/s1. The largest absolute Gasteiger partial charge is 0.334 e. The van der Waals surface area contributed by atoms with Crippen molar-refractivity contribution in [1.29, 1.82) is 0 Å². The van der Waals surface area contributed by atoms with Crippen LogP contribution in [-0.2, 0) is 9.47 Å². The van der Waals surface area contributed by atoms with Gasteiger partial charge in [-0.2, -0.15) is 0 Å². The highest BCUT2D eigenvalue weighted by molar-refractivity contribution is 6.30. The predicted molar refractivity (Wildman–Crippen MR) is 58.5 cm³/mol. The summed E-state index contributed by atoms with van der Waals surface area (Å²) in [7, 11) is 0. The van der Waals surface area contributed by atoms with E-state index in [1.807, 2.05) is 31.2 Å². The molecule has 0 amide bonds. The fourth-order valence-electron chi connectivity index (χ4n) is 1.54. The summed E-state index contributed by atoms with van der Waals surface area (Å²) in [6, 6.07) is 7.55. The number of epoxide rings is 1. The van der Waals surface area contributed by atoms with Gasteiger partial charge in [0.25, 0.3) is 0 Å². The number of halogens is 1. The van der Waals surface area contributed by atoms with Gasteiger partial charge in [-0.25, -0.2) is 0 Å². The summed E-state index contributed by atoms with van der Waals surface area (Å²) >= 11 is 5.89. The summed E-state index contributed by atoms with van der Waals surface area (Å²) in [4.78, 5) is 0. The minimum Gasteiger partial charge on any atom is -0.334 e. The molecular weight excluding hydrogens is 212 g/mol. The van der Waals surface area contributed by atoms with Gasteiger partial charge in [-0.05, 0) is 24.6 Å². The van der Waals surface area contributed by atoms with Gasteiger partial charge in [0.15, 0.2) is 5.79 Å². The van der Waals surface area contributed by atoms with Gasteiger partial charge in [-0.1, -0.05) is 29.7 Å². The molecule has 0 N–H and O–H groups in total. The van der Waals surface area contributed by atoms with E-state index < -0.39 is 5.79 Å². The lowest BCUT2D eigenvalue weighted by Crippen LogP contribution is -2.12. The fraction of sp³-hybridized carbons (Fsp3) is 0.333. The van der Waals surface area contributed by atoms with Gasteiger partial charge in [0.05, 0.1) is 0 Å². The van der Waals surface area contributed by atoms with Crippen molar-refractivity contribution < 1.29 is 9.47 Å². The molecule has 0 spiro atoms. The Morgan fingerprint density at radius 2 is 2.47 bits per heavy atom. The van der Waals surface area contributed by atoms with Gasteiger partial charge in [0.2, 0.25) is 0 Å². The molecule has 1 aliphatic rings. The van der Waals surface area contributed by atoms with Crippen LogP contribution in [0.2, 0.25) is 5.02 Å². The first-order valence-corrected chi connectivity index (χ1v) is 5.04. The van der Waals surface area contributed by atoms with Crippen molar-refractivity contribution in [3.05, 3.63) is 34.9 Å². The second-order valence-corrected chi connectivity index (χ2v) is 4.00. The summed E-state index contributed by atoms with van der Waals surface area (Å²) in [5, 5.41) is 0.697. The van der Waals surface area contributed by atoms with Crippen LogP contribution >= 0.6 is 11.6 Å². The number of hydrogen-bond donors (Lipinski definition) is 0. The number of terminal acetylenes is 1. The molecule has 0 aliphatic carbocycles. The lowest BCUT2D eigenvalue weighted by atomic mass is 10.1. The van der Waals surface area contributed by atoms with Crippen LogP contribution in [0.1, 0.15) is 18.6 Å². The van der Waals surface area contributed by atoms with E-state index >= 15 is 0 Å². The Bertz CT molecular complexity index is 410. The molecule has 1 aromatic carbocycles. The summed E-state index contributed by atoms with van der Waals surface area (Å²) < 4.78 is 10.9. The third-order valence-electron chi connectivity index (χ3n) is 2.36. The average Bonchev–Trinajstić information content (AvgIpc) is 2.89. The minimum atomic E-state index is -0.586. The Hall–Kier alpha value is -1.01. The van der Waals surface area contributed by atoms with Crippen molar-refractivity contribution in [3.63, 3.8) is 0 Å². The molecule has 3 heteroatoms. The van der Waals surface area contributed by atoms with Crippen LogP contribution in [0, 0.1) is 12.3 Å². The van der Waals surface area contributed by atoms with Crippen LogP contribution in [0.3, 0.4) is 0 Å². The number of benzene rings is 1. The normalized spacial score (nSPS) is 28.5. The smallest absolute Gasteiger partial charge is 0.198 e. The first-order valence-electron chi connectivity index (χ1n) is 4.66. The Labute approximate surface area is 94.1 Å². The van der Waals surface area contributed by atoms with Crippen LogP contribution in [0.5, 0.6) is 0 Å². The van der Waals surface area contributed by atoms with Gasteiger partial charge >= 0.3 is 0 Å². The molecule has 78 valence electrons. The zero-order valence-electron chi connectivity index (χ0n) is 8.37. The van der Waals surface area contributed by atoms with E-state index in [1.165, 1.54) is 0 Å². The van der Waals surface area contributed by atoms with Crippen LogP contribution in [0.25, 0.3) is 0 Å². The molecule has 2 nitrogen and oxygen atoms in total. The maximum absolute atomic E-state index is 5.89. The average molecular weight is 223 g/mol. The maximum Gasteiger partial charge on any atom is 0.198 e. The van der Waals surface area contributed by atoms with Crippen molar-refractivity contribution in [2.45, 2.75) is 18.8 Å². The highest BCUT2D eigenvalue weighted by Crippen LogP contribution is 2.50. The minimum absolute atomic E-state index is 0.0652. The molecule has 0 aromatic heterocycles. The van der Waals surface area contributed by atoms with Gasteiger partial charge in [0, 0.05) is 5.02 Å². The summed E-state index contributed by atoms with van der Waals surface area (Å²) in [5.74, 6) is 1.83. The SMILES string of the molecule is C#CCO[C@]1(C)O[C@@H]1c1cccc(Cl)c1. The molecular formula is C12H11ClO2.